The van der Waals surface area contributed by atoms with E-state index in [-0.39, 0.29) is 0 Å². The summed E-state index contributed by atoms with van der Waals surface area (Å²) in [6, 6.07) is 0. The summed E-state index contributed by atoms with van der Waals surface area (Å²) in [5.41, 5.74) is 0. The van der Waals surface area contributed by atoms with Gasteiger partial charge in [-0.3, -0.25) is 0 Å². The highest BCUT2D eigenvalue weighted by Gasteiger charge is 2.34. The Morgan fingerprint density at radius 3 is 1.88 bits per heavy atom. The highest BCUT2D eigenvalue weighted by Crippen LogP contribution is 2.26. The highest BCUT2D eigenvalue weighted by atomic mass is 127. The Bertz CT molecular complexity index is 85.8. The SMILES string of the molecule is C=CC(I)C(F)(F)F. The first-order valence-electron chi connectivity index (χ1n) is 1.82. The van der Waals surface area contributed by atoms with Crippen molar-refractivity contribution in [2.45, 2.75) is 10.1 Å². The summed E-state index contributed by atoms with van der Waals surface area (Å²) in [6.07, 6.45) is -3.26. The van der Waals surface area contributed by atoms with Gasteiger partial charge >= 0.3 is 6.18 Å². The first kappa shape index (κ1) is 8.26. The minimum atomic E-state index is -4.12. The highest BCUT2D eigenvalue weighted by molar-refractivity contribution is 14.1. The molecule has 0 N–H and O–H groups in total. The van der Waals surface area contributed by atoms with Crippen molar-refractivity contribution in [1.82, 2.24) is 0 Å². The zero-order valence-electron chi connectivity index (χ0n) is 3.87. The van der Waals surface area contributed by atoms with Crippen LogP contribution in [0.15, 0.2) is 12.7 Å². The molecule has 0 saturated heterocycles. The molecule has 0 aliphatic carbocycles. The average molecular weight is 236 g/mol. The lowest BCUT2D eigenvalue weighted by Gasteiger charge is -2.07. The third-order valence-corrected chi connectivity index (χ3v) is 1.73. The van der Waals surface area contributed by atoms with E-state index in [0.717, 1.165) is 6.08 Å². The zero-order chi connectivity index (χ0) is 6.78. The number of hydrogen-bond donors (Lipinski definition) is 0. The molecule has 0 spiro atoms. The molecular formula is C4H4F3I. The number of hydrogen-bond acceptors (Lipinski definition) is 0. The second kappa shape index (κ2) is 2.70. The van der Waals surface area contributed by atoms with E-state index in [0.29, 0.717) is 0 Å². The van der Waals surface area contributed by atoms with E-state index in [1.165, 1.54) is 22.6 Å². The molecule has 0 fully saturated rings. The van der Waals surface area contributed by atoms with Crippen LogP contribution in [-0.2, 0) is 0 Å². The molecule has 0 aliphatic heterocycles. The van der Waals surface area contributed by atoms with Crippen LogP contribution in [0.4, 0.5) is 13.2 Å². The van der Waals surface area contributed by atoms with Gasteiger partial charge in [-0.2, -0.15) is 13.2 Å². The third-order valence-electron chi connectivity index (χ3n) is 0.520. The van der Waals surface area contributed by atoms with E-state index in [1.54, 1.807) is 0 Å². The molecule has 0 bridgehead atoms. The van der Waals surface area contributed by atoms with Crippen molar-refractivity contribution in [3.05, 3.63) is 12.7 Å². The second-order valence-corrected chi connectivity index (χ2v) is 2.52. The number of alkyl halides is 4. The van der Waals surface area contributed by atoms with Crippen molar-refractivity contribution >= 4 is 22.6 Å². The summed E-state index contributed by atoms with van der Waals surface area (Å²) in [5.74, 6) is 0. The van der Waals surface area contributed by atoms with Crippen LogP contribution >= 0.6 is 22.6 Å². The standard InChI is InChI=1S/C4H4F3I/c1-2-3(8)4(5,6)7/h2-3H,1H2. The van der Waals surface area contributed by atoms with E-state index in [4.69, 9.17) is 0 Å². The third kappa shape index (κ3) is 2.54. The molecular weight excluding hydrogens is 232 g/mol. The van der Waals surface area contributed by atoms with E-state index < -0.39 is 10.1 Å². The van der Waals surface area contributed by atoms with E-state index in [2.05, 4.69) is 6.58 Å². The topological polar surface area (TPSA) is 0 Å². The zero-order valence-corrected chi connectivity index (χ0v) is 6.03. The minimum Gasteiger partial charge on any atom is -0.170 e. The Hall–Kier alpha value is 0.260. The van der Waals surface area contributed by atoms with Crippen molar-refractivity contribution in [2.24, 2.45) is 0 Å². The van der Waals surface area contributed by atoms with E-state index in [1.807, 2.05) is 0 Å². The van der Waals surface area contributed by atoms with Gasteiger partial charge < -0.3 is 0 Å². The van der Waals surface area contributed by atoms with Gasteiger partial charge in [0.15, 0.2) is 0 Å². The molecule has 0 aromatic heterocycles. The fraction of sp³-hybridized carbons (Fsp3) is 0.500. The van der Waals surface area contributed by atoms with Crippen molar-refractivity contribution in [1.29, 1.82) is 0 Å². The summed E-state index contributed by atoms with van der Waals surface area (Å²) in [5, 5.41) is 0. The van der Waals surface area contributed by atoms with Crippen LogP contribution in [0, 0.1) is 0 Å². The van der Waals surface area contributed by atoms with Crippen molar-refractivity contribution < 1.29 is 13.2 Å². The summed E-state index contributed by atoms with van der Waals surface area (Å²) in [6.45, 7) is 3.00. The molecule has 0 saturated carbocycles. The number of rotatable bonds is 1. The lowest BCUT2D eigenvalue weighted by molar-refractivity contribution is -0.116. The normalized spacial score (nSPS) is 15.5. The maximum Gasteiger partial charge on any atom is 0.403 e. The van der Waals surface area contributed by atoms with Gasteiger partial charge in [0.2, 0.25) is 0 Å². The minimum absolute atomic E-state index is 0.862. The molecule has 0 rings (SSSR count). The molecule has 0 aliphatic rings. The molecule has 0 amide bonds. The monoisotopic (exact) mass is 236 g/mol. The van der Waals surface area contributed by atoms with Gasteiger partial charge in [-0.1, -0.05) is 28.7 Å². The van der Waals surface area contributed by atoms with Gasteiger partial charge in [0.05, 0.1) is 0 Å². The number of allylic oxidation sites excluding steroid dienone is 1. The van der Waals surface area contributed by atoms with Crippen LogP contribution in [0.5, 0.6) is 0 Å². The van der Waals surface area contributed by atoms with Crippen LogP contribution in [-0.4, -0.2) is 10.1 Å². The molecule has 0 heterocycles. The van der Waals surface area contributed by atoms with Gasteiger partial charge in [-0.15, -0.1) is 6.58 Å². The summed E-state index contributed by atoms with van der Waals surface area (Å²) in [7, 11) is 0. The molecule has 4 heteroatoms. The molecule has 1 atom stereocenters. The summed E-state index contributed by atoms with van der Waals surface area (Å²) in [4.78, 5) is 0. The van der Waals surface area contributed by atoms with Gasteiger partial charge in [0.1, 0.15) is 3.92 Å². The Balaban J connectivity index is 3.80. The number of halogens is 4. The van der Waals surface area contributed by atoms with E-state index >= 15 is 0 Å². The van der Waals surface area contributed by atoms with Gasteiger partial charge in [-0.25, -0.2) is 0 Å². The first-order valence-corrected chi connectivity index (χ1v) is 3.06. The van der Waals surface area contributed by atoms with Crippen molar-refractivity contribution in [2.75, 3.05) is 0 Å². The second-order valence-electron chi connectivity index (χ2n) is 1.18. The van der Waals surface area contributed by atoms with Crippen LogP contribution in [0.25, 0.3) is 0 Å². The smallest absolute Gasteiger partial charge is 0.170 e. The van der Waals surface area contributed by atoms with Crippen LogP contribution < -0.4 is 0 Å². The van der Waals surface area contributed by atoms with Crippen LogP contribution in [0.3, 0.4) is 0 Å². The molecule has 0 aromatic rings. The lowest BCUT2D eigenvalue weighted by Crippen LogP contribution is -2.19. The Morgan fingerprint density at radius 1 is 1.50 bits per heavy atom. The first-order chi connectivity index (χ1) is 3.48. The lowest BCUT2D eigenvalue weighted by atomic mass is 10.4. The Morgan fingerprint density at radius 2 is 1.88 bits per heavy atom. The molecule has 1 unspecified atom stereocenters. The molecule has 8 heavy (non-hydrogen) atoms. The Kier molecular flexibility index (Phi) is 2.79. The van der Waals surface area contributed by atoms with Gasteiger partial charge in [-0.05, 0) is 0 Å². The molecule has 0 aromatic carbocycles. The fourth-order valence-electron chi connectivity index (χ4n) is 0.134. The van der Waals surface area contributed by atoms with Crippen molar-refractivity contribution in [3.63, 3.8) is 0 Å². The van der Waals surface area contributed by atoms with Gasteiger partial charge in [0.25, 0.3) is 0 Å². The molecule has 0 nitrogen and oxygen atoms in total. The largest absolute Gasteiger partial charge is 0.403 e. The van der Waals surface area contributed by atoms with Gasteiger partial charge in [0, 0.05) is 0 Å². The maximum absolute atomic E-state index is 11.4. The maximum atomic E-state index is 11.4. The summed E-state index contributed by atoms with van der Waals surface area (Å²) < 4.78 is 32.7. The predicted molar refractivity (Wildman–Crippen MR) is 34.1 cm³/mol. The average Bonchev–Trinajstić information content (AvgIpc) is 1.62. The van der Waals surface area contributed by atoms with E-state index in [9.17, 15) is 13.2 Å². The summed E-state index contributed by atoms with van der Waals surface area (Å²) >= 11 is 1.27. The van der Waals surface area contributed by atoms with Crippen molar-refractivity contribution in [3.8, 4) is 0 Å². The molecule has 48 valence electrons. The quantitative estimate of drug-likeness (QED) is 0.372. The Labute approximate surface area is 58.9 Å². The fourth-order valence-corrected chi connectivity index (χ4v) is 0.134. The predicted octanol–water partition coefficient (Wildman–Crippen LogP) is 2.54. The van der Waals surface area contributed by atoms with Crippen LogP contribution in [0.2, 0.25) is 0 Å². The molecule has 0 radical (unpaired) electrons. The van der Waals surface area contributed by atoms with Crippen LogP contribution in [0.1, 0.15) is 0 Å².